The zero-order valence-corrected chi connectivity index (χ0v) is 16.4. The van der Waals surface area contributed by atoms with Gasteiger partial charge >= 0.3 is 0 Å². The summed E-state index contributed by atoms with van der Waals surface area (Å²) in [5.41, 5.74) is 1.16. The highest BCUT2D eigenvalue weighted by molar-refractivity contribution is 7.80. The van der Waals surface area contributed by atoms with Crippen LogP contribution >= 0.6 is 12.2 Å². The molecule has 1 fully saturated rings. The zero-order valence-electron chi connectivity index (χ0n) is 15.6. The van der Waals surface area contributed by atoms with Crippen molar-refractivity contribution in [1.29, 1.82) is 0 Å². The number of aromatic hydroxyl groups is 1. The van der Waals surface area contributed by atoms with Crippen LogP contribution in [0.25, 0.3) is 6.08 Å². The van der Waals surface area contributed by atoms with E-state index in [0.29, 0.717) is 24.2 Å². The van der Waals surface area contributed by atoms with Crippen LogP contribution < -0.4 is 9.64 Å². The molecule has 2 aromatic rings. The number of hydrogen-bond donors (Lipinski definition) is 1. The number of hydrogen-bond acceptors (Lipinski definition) is 5. The van der Waals surface area contributed by atoms with Crippen LogP contribution in [0.15, 0.2) is 54.1 Å². The smallest absolute Gasteiger partial charge is 0.270 e. The van der Waals surface area contributed by atoms with Gasteiger partial charge in [-0.3, -0.25) is 19.4 Å². The number of phenols is 1. The minimum atomic E-state index is -0.486. The fourth-order valence-corrected chi connectivity index (χ4v) is 3.31. The Morgan fingerprint density at radius 3 is 2.46 bits per heavy atom. The van der Waals surface area contributed by atoms with Crippen molar-refractivity contribution >= 4 is 40.9 Å². The van der Waals surface area contributed by atoms with Crippen LogP contribution in [0, 0.1) is 0 Å². The maximum atomic E-state index is 13.2. The van der Waals surface area contributed by atoms with E-state index in [1.54, 1.807) is 36.4 Å². The van der Waals surface area contributed by atoms with Crippen molar-refractivity contribution in [2.75, 3.05) is 18.6 Å². The number of thiocarbonyl (C=S) groups is 1. The number of anilines is 1. The molecule has 1 N–H and O–H groups in total. The second kappa shape index (κ2) is 8.22. The molecule has 0 unspecified atom stereocenters. The van der Waals surface area contributed by atoms with Crippen molar-refractivity contribution in [3.63, 3.8) is 0 Å². The van der Waals surface area contributed by atoms with Gasteiger partial charge in [0.25, 0.3) is 11.8 Å². The normalized spacial score (nSPS) is 16.1. The van der Waals surface area contributed by atoms with E-state index in [4.69, 9.17) is 17.0 Å². The SMILES string of the molecule is CCCN1C(=O)/C(=C\c2ccc(O)c(OC)c2)C(=O)N(c2ccccc2)C1=S. The maximum absolute atomic E-state index is 13.2. The molecule has 1 saturated heterocycles. The standard InChI is InChI=1S/C21H20N2O4S/c1-3-11-22-19(25)16(12-14-9-10-17(24)18(13-14)27-2)20(26)23(21(22)28)15-7-5-4-6-8-15/h4-10,12-13,24H,3,11H2,1-2H3/b16-12+. The summed E-state index contributed by atoms with van der Waals surface area (Å²) in [6.07, 6.45) is 2.19. The minimum absolute atomic E-state index is 0.00125. The highest BCUT2D eigenvalue weighted by Gasteiger charge is 2.39. The van der Waals surface area contributed by atoms with Crippen molar-refractivity contribution in [3.8, 4) is 11.5 Å². The minimum Gasteiger partial charge on any atom is -0.504 e. The molecule has 0 spiro atoms. The Hall–Kier alpha value is -3.19. The highest BCUT2D eigenvalue weighted by atomic mass is 32.1. The summed E-state index contributed by atoms with van der Waals surface area (Å²) in [6, 6.07) is 13.6. The van der Waals surface area contributed by atoms with Gasteiger partial charge in [-0.15, -0.1) is 0 Å². The third kappa shape index (κ3) is 3.61. The number of carbonyl (C=O) groups is 2. The topological polar surface area (TPSA) is 70.1 Å². The number of methoxy groups -OCH3 is 1. The molecule has 1 aliphatic heterocycles. The van der Waals surface area contributed by atoms with Crippen LogP contribution in [0.5, 0.6) is 11.5 Å². The molecule has 0 aliphatic carbocycles. The molecule has 2 aromatic carbocycles. The molecule has 6 nitrogen and oxygen atoms in total. The van der Waals surface area contributed by atoms with Crippen LogP contribution in [0.1, 0.15) is 18.9 Å². The third-order valence-corrected chi connectivity index (χ3v) is 4.71. The van der Waals surface area contributed by atoms with E-state index in [0.717, 1.165) is 0 Å². The van der Waals surface area contributed by atoms with Crippen LogP contribution in [0.4, 0.5) is 5.69 Å². The highest BCUT2D eigenvalue weighted by Crippen LogP contribution is 2.30. The molecule has 0 atom stereocenters. The molecule has 0 bridgehead atoms. The van der Waals surface area contributed by atoms with Gasteiger partial charge in [0.1, 0.15) is 5.57 Å². The Balaban J connectivity index is 2.09. The van der Waals surface area contributed by atoms with Gasteiger partial charge in [-0.25, -0.2) is 0 Å². The summed E-state index contributed by atoms with van der Waals surface area (Å²) >= 11 is 5.45. The lowest BCUT2D eigenvalue weighted by Crippen LogP contribution is -2.56. The fourth-order valence-electron chi connectivity index (χ4n) is 2.95. The first-order valence-corrected chi connectivity index (χ1v) is 9.22. The number of carbonyl (C=O) groups excluding carboxylic acids is 2. The molecule has 1 heterocycles. The number of phenolic OH excluding ortho intramolecular Hbond substituents is 1. The number of para-hydroxylation sites is 1. The Morgan fingerprint density at radius 2 is 1.82 bits per heavy atom. The van der Waals surface area contributed by atoms with E-state index >= 15 is 0 Å². The second-order valence-corrected chi connectivity index (χ2v) is 6.57. The Morgan fingerprint density at radius 1 is 1.11 bits per heavy atom. The van der Waals surface area contributed by atoms with Gasteiger partial charge < -0.3 is 9.84 Å². The molecule has 1 aliphatic rings. The van der Waals surface area contributed by atoms with E-state index in [1.807, 2.05) is 13.0 Å². The van der Waals surface area contributed by atoms with E-state index < -0.39 is 11.8 Å². The number of amides is 2. The first-order valence-electron chi connectivity index (χ1n) is 8.82. The first-order chi connectivity index (χ1) is 13.5. The van der Waals surface area contributed by atoms with E-state index in [9.17, 15) is 14.7 Å². The average molecular weight is 396 g/mol. The van der Waals surface area contributed by atoms with E-state index in [-0.39, 0.29) is 22.2 Å². The molecule has 144 valence electrons. The quantitative estimate of drug-likeness (QED) is 0.477. The van der Waals surface area contributed by atoms with Crippen molar-refractivity contribution in [1.82, 2.24) is 4.90 Å². The molecule has 7 heteroatoms. The van der Waals surface area contributed by atoms with Gasteiger partial charge in [0.05, 0.1) is 12.8 Å². The predicted molar refractivity (Wildman–Crippen MR) is 111 cm³/mol. The molecule has 0 radical (unpaired) electrons. The lowest BCUT2D eigenvalue weighted by molar-refractivity contribution is -0.127. The summed E-state index contributed by atoms with van der Waals surface area (Å²) in [5.74, 6) is -0.687. The largest absolute Gasteiger partial charge is 0.504 e. The molecular weight excluding hydrogens is 376 g/mol. The van der Waals surface area contributed by atoms with Crippen LogP contribution in [0.3, 0.4) is 0 Å². The lowest BCUT2D eigenvalue weighted by Gasteiger charge is -2.36. The second-order valence-electron chi connectivity index (χ2n) is 6.20. The van der Waals surface area contributed by atoms with Gasteiger partial charge in [0.15, 0.2) is 16.6 Å². The van der Waals surface area contributed by atoms with Crippen molar-refractivity contribution in [2.24, 2.45) is 0 Å². The number of nitrogens with zero attached hydrogens (tertiary/aromatic N) is 2. The Bertz CT molecular complexity index is 956. The number of ether oxygens (including phenoxy) is 1. The summed E-state index contributed by atoms with van der Waals surface area (Å²) in [5, 5.41) is 9.94. The average Bonchev–Trinajstić information content (AvgIpc) is 2.70. The van der Waals surface area contributed by atoms with Crippen LogP contribution in [-0.4, -0.2) is 40.6 Å². The molecule has 0 aromatic heterocycles. The summed E-state index contributed by atoms with van der Waals surface area (Å²) in [6.45, 7) is 2.35. The maximum Gasteiger partial charge on any atom is 0.270 e. The number of rotatable bonds is 5. The van der Waals surface area contributed by atoms with Crippen molar-refractivity contribution < 1.29 is 19.4 Å². The number of benzene rings is 2. The van der Waals surface area contributed by atoms with Gasteiger partial charge in [-0.1, -0.05) is 31.2 Å². The van der Waals surface area contributed by atoms with Crippen LogP contribution in [-0.2, 0) is 9.59 Å². The summed E-state index contributed by atoms with van der Waals surface area (Å²) in [4.78, 5) is 29.0. The third-order valence-electron chi connectivity index (χ3n) is 4.31. The van der Waals surface area contributed by atoms with E-state index in [1.165, 1.54) is 29.1 Å². The predicted octanol–water partition coefficient (Wildman–Crippen LogP) is 3.35. The van der Waals surface area contributed by atoms with Gasteiger partial charge in [0.2, 0.25) is 0 Å². The Kier molecular flexibility index (Phi) is 5.75. The monoisotopic (exact) mass is 396 g/mol. The van der Waals surface area contributed by atoms with Gasteiger partial charge in [0, 0.05) is 6.54 Å². The first kappa shape index (κ1) is 19.6. The Labute approximate surface area is 168 Å². The van der Waals surface area contributed by atoms with Crippen LogP contribution in [0.2, 0.25) is 0 Å². The lowest BCUT2D eigenvalue weighted by atomic mass is 10.0. The fraction of sp³-hybridized carbons (Fsp3) is 0.190. The van der Waals surface area contributed by atoms with Crippen molar-refractivity contribution in [3.05, 3.63) is 59.7 Å². The van der Waals surface area contributed by atoms with Crippen molar-refractivity contribution in [2.45, 2.75) is 13.3 Å². The zero-order chi connectivity index (χ0) is 20.3. The van der Waals surface area contributed by atoms with Gasteiger partial charge in [-0.05, 0) is 54.5 Å². The van der Waals surface area contributed by atoms with Gasteiger partial charge in [-0.2, -0.15) is 0 Å². The van der Waals surface area contributed by atoms with E-state index in [2.05, 4.69) is 0 Å². The molecule has 3 rings (SSSR count). The summed E-state index contributed by atoms with van der Waals surface area (Å²) < 4.78 is 5.10. The molecule has 28 heavy (non-hydrogen) atoms. The molecule has 2 amide bonds. The molecule has 0 saturated carbocycles. The summed E-state index contributed by atoms with van der Waals surface area (Å²) in [7, 11) is 1.43. The molecular formula is C21H20N2O4S.